The molecule has 0 aromatic heterocycles. The monoisotopic (exact) mass is 855 g/mol. The van der Waals surface area contributed by atoms with Crippen molar-refractivity contribution < 1.29 is 79.8 Å². The number of rotatable bonds is 3. The molecule has 9 heteroatoms. The van der Waals surface area contributed by atoms with Gasteiger partial charge in [-0.2, -0.15) is 41.3 Å². The fourth-order valence-electron chi connectivity index (χ4n) is 2.85. The molecule has 4 nitrogen and oxygen atoms in total. The fraction of sp³-hybridized carbons (Fsp3) is 0.325. The minimum Gasteiger partial charge on any atom is -0.398 e. The quantitative estimate of drug-likeness (QED) is 0.0939. The zero-order chi connectivity index (χ0) is 36.6. The van der Waals surface area contributed by atoms with Gasteiger partial charge >= 0.3 is 0 Å². The van der Waals surface area contributed by atoms with E-state index in [2.05, 4.69) is 99.5 Å². The van der Waals surface area contributed by atoms with Crippen LogP contribution < -0.4 is 5.73 Å². The molecule has 3 aromatic carbocycles. The number of hydrogen-bond acceptors (Lipinski definition) is 4. The number of carbonyl (C=O) groups is 3. The van der Waals surface area contributed by atoms with Crippen molar-refractivity contribution in [3.8, 4) is 34.9 Å². The molecule has 0 saturated heterocycles. The van der Waals surface area contributed by atoms with Crippen LogP contribution >= 0.6 is 0 Å². The summed E-state index contributed by atoms with van der Waals surface area (Å²) in [6, 6.07) is 22.0. The molecule has 0 aliphatic heterocycles. The zero-order valence-corrected chi connectivity index (χ0v) is 40.4. The van der Waals surface area contributed by atoms with Gasteiger partial charge in [-0.15, -0.1) is 47.3 Å². The van der Waals surface area contributed by atoms with Gasteiger partial charge in [-0.1, -0.05) is 89.0 Å². The number of carbonyl (C=O) groups excluding carboxylic acids is 3. The van der Waals surface area contributed by atoms with Crippen molar-refractivity contribution in [3.63, 3.8) is 0 Å². The van der Waals surface area contributed by atoms with Gasteiger partial charge in [0.15, 0.2) is 5.78 Å². The Bertz CT molecular complexity index is 1680. The van der Waals surface area contributed by atoms with Crippen LogP contribution in [-0.4, -0.2) is 41.6 Å². The van der Waals surface area contributed by atoms with Crippen LogP contribution in [0.3, 0.4) is 0 Å². The van der Waals surface area contributed by atoms with E-state index in [9.17, 15) is 14.4 Å². The van der Waals surface area contributed by atoms with E-state index in [-0.39, 0.29) is 82.8 Å². The predicted molar refractivity (Wildman–Crippen MR) is 209 cm³/mol. The minimum absolute atomic E-state index is 0. The van der Waals surface area contributed by atoms with Crippen LogP contribution in [0.15, 0.2) is 54.6 Å². The second kappa shape index (κ2) is 24.2. The van der Waals surface area contributed by atoms with Crippen molar-refractivity contribution in [2.75, 3.05) is 5.73 Å². The van der Waals surface area contributed by atoms with Crippen molar-refractivity contribution in [2.24, 2.45) is 0 Å². The van der Waals surface area contributed by atoms with Gasteiger partial charge in [0.25, 0.3) is 0 Å². The van der Waals surface area contributed by atoms with Gasteiger partial charge in [-0.3, -0.25) is 4.79 Å². The van der Waals surface area contributed by atoms with E-state index in [4.69, 9.17) is 12.2 Å². The van der Waals surface area contributed by atoms with Crippen molar-refractivity contribution in [1.29, 1.82) is 0 Å². The topological polar surface area (TPSA) is 77.2 Å². The van der Waals surface area contributed by atoms with Crippen LogP contribution in [0, 0.1) is 54.0 Å². The number of nitrogens with two attached hydrogens (primary N) is 1. The van der Waals surface area contributed by atoms with E-state index in [0.29, 0.717) is 16.8 Å². The van der Waals surface area contributed by atoms with Crippen molar-refractivity contribution in [2.45, 2.75) is 86.6 Å². The second-order valence-corrected chi connectivity index (χ2v) is 28.4. The molecule has 2 N–H and O–H groups in total. The van der Waals surface area contributed by atoms with E-state index in [1.54, 1.807) is 44.2 Å². The summed E-state index contributed by atoms with van der Waals surface area (Å²) in [5.41, 5.74) is 20.5. The summed E-state index contributed by atoms with van der Waals surface area (Å²) in [4.78, 5) is 32.9. The molecule has 0 atom stereocenters. The Morgan fingerprint density at radius 2 is 1.04 bits per heavy atom. The Balaban J connectivity index is -0.000000597. The maximum atomic E-state index is 11.1. The fourth-order valence-corrected chi connectivity index (χ4v) is 3.87. The largest absolute Gasteiger partial charge is 0.398 e. The van der Waals surface area contributed by atoms with Crippen molar-refractivity contribution in [1.82, 2.24) is 0 Å². The number of ketones is 3. The zero-order valence-electron chi connectivity index (χ0n) is 31.7. The average Bonchev–Trinajstić information content (AvgIpc) is 2.95. The molecule has 0 aliphatic carbocycles. The molecule has 3 aromatic rings. The first kappa shape index (κ1) is 51.4. The standard InChI is InChI=1S/C13H17NOSi.C13H15OSi.C9H9O.C5H10Si.2Y/c1-10(15)12-6-5-11(13(14)9-12)7-8-16(2,3)4;1-11(14)13-7-5-12(6-8-13)9-10-15(2,3)4;1-7-3-5-9(6-4-7)8(2)10;1-5-6(2,3)4;;/h5-6,9H,14H2,1-4H3;5,7-8H,1-4H3;3,5-6H,1-2H3;1H,2-4H3;;/q;2*-1;;;. The Morgan fingerprint density at radius 1 is 0.633 bits per heavy atom. The van der Waals surface area contributed by atoms with E-state index < -0.39 is 24.2 Å². The molecular weight excluding hydrogens is 805 g/mol. The van der Waals surface area contributed by atoms with Gasteiger partial charge in [-0.25, -0.2) is 0 Å². The molecule has 0 fully saturated rings. The summed E-state index contributed by atoms with van der Waals surface area (Å²) in [7, 11) is -3.81. The molecule has 49 heavy (non-hydrogen) atoms. The molecule has 0 unspecified atom stereocenters. The van der Waals surface area contributed by atoms with Crippen LogP contribution in [0.1, 0.15) is 68.5 Å². The summed E-state index contributed by atoms with van der Waals surface area (Å²) >= 11 is 0. The van der Waals surface area contributed by atoms with E-state index in [1.807, 2.05) is 31.2 Å². The van der Waals surface area contributed by atoms with E-state index in [1.165, 1.54) is 6.92 Å². The predicted octanol–water partition coefficient (Wildman–Crippen LogP) is 9.11. The molecule has 2 radical (unpaired) electrons. The van der Waals surface area contributed by atoms with E-state index >= 15 is 0 Å². The summed E-state index contributed by atoms with van der Waals surface area (Å²) in [5, 5.41) is 0. The molecule has 0 heterocycles. The second-order valence-electron chi connectivity index (χ2n) is 14.1. The number of Topliss-reactive ketones (excluding diaryl/α,β-unsaturated/α-hetero) is 3. The van der Waals surface area contributed by atoms with Gasteiger partial charge in [0.1, 0.15) is 35.8 Å². The summed E-state index contributed by atoms with van der Waals surface area (Å²) < 4.78 is 0. The third-order valence-corrected chi connectivity index (χ3v) is 8.25. The molecule has 254 valence electrons. The van der Waals surface area contributed by atoms with Gasteiger partial charge in [0.2, 0.25) is 0 Å². The number of aryl methyl sites for hydroxylation is 1. The number of nitrogen functional groups attached to an aromatic ring is 1. The number of anilines is 1. The molecule has 0 aliphatic rings. The van der Waals surface area contributed by atoms with Crippen LogP contribution in [0.5, 0.6) is 0 Å². The van der Waals surface area contributed by atoms with Crippen LogP contribution in [0.4, 0.5) is 5.69 Å². The maximum absolute atomic E-state index is 11.1. The van der Waals surface area contributed by atoms with Crippen molar-refractivity contribution in [3.05, 3.63) is 100 Å². The minimum atomic E-state index is -1.38. The molecular formula is C40H51NO3Si3Y2-2. The third-order valence-electron chi connectivity index (χ3n) is 5.63. The maximum Gasteiger partial charge on any atom is 0.159 e. The number of hydrogen-bond donors (Lipinski definition) is 1. The summed E-state index contributed by atoms with van der Waals surface area (Å²) in [5.74, 6) is 6.37. The van der Waals surface area contributed by atoms with Gasteiger partial charge in [-0.05, 0) is 32.9 Å². The van der Waals surface area contributed by atoms with Crippen molar-refractivity contribution >= 4 is 47.3 Å². The number of benzene rings is 3. The Labute approximate surface area is 350 Å². The smallest absolute Gasteiger partial charge is 0.159 e. The molecule has 3 rings (SSSR count). The van der Waals surface area contributed by atoms with E-state index in [0.717, 1.165) is 22.3 Å². The first-order valence-electron chi connectivity index (χ1n) is 15.4. The molecule has 0 saturated carbocycles. The average molecular weight is 856 g/mol. The third kappa shape index (κ3) is 26.5. The Morgan fingerprint density at radius 3 is 1.37 bits per heavy atom. The van der Waals surface area contributed by atoms with Crippen LogP contribution in [0.2, 0.25) is 58.9 Å². The summed E-state index contributed by atoms with van der Waals surface area (Å²) in [6.07, 6.45) is 5.12. The first-order chi connectivity index (χ1) is 21.4. The Hall–Kier alpha value is -1.99. The van der Waals surface area contributed by atoms with Gasteiger partial charge in [0.05, 0.1) is 0 Å². The van der Waals surface area contributed by atoms with Gasteiger partial charge in [0, 0.05) is 82.2 Å². The normalized spacial score (nSPS) is 9.80. The van der Waals surface area contributed by atoms with Crippen LogP contribution in [-0.2, 0) is 65.4 Å². The SMILES string of the molecule is C#C[Si](C)(C)C.CC(=O)c1c[c-]c(C#C[Si](C)(C)C)cc1.CC(=O)c1c[c-]c(C)cc1.CC(=O)c1ccc(C#C[Si](C)(C)C)c(N)c1.[Y].[Y]. The Kier molecular flexibility index (Phi) is 25.4. The molecule has 0 spiro atoms. The van der Waals surface area contributed by atoms with Gasteiger partial charge < -0.3 is 15.3 Å². The summed E-state index contributed by atoms with van der Waals surface area (Å²) in [6.45, 7) is 26.2. The molecule has 0 amide bonds. The molecule has 0 bridgehead atoms. The first-order valence-corrected chi connectivity index (χ1v) is 25.9. The number of terminal acetylenes is 1. The van der Waals surface area contributed by atoms with Crippen LogP contribution in [0.25, 0.3) is 0 Å².